The molecule has 1 aromatic carbocycles. The van der Waals surface area contributed by atoms with Gasteiger partial charge in [0.1, 0.15) is 5.60 Å². The van der Waals surface area contributed by atoms with Crippen LogP contribution in [0.2, 0.25) is 0 Å². The molecule has 1 aliphatic rings. The van der Waals surface area contributed by atoms with E-state index >= 15 is 0 Å². The highest BCUT2D eigenvalue weighted by Gasteiger charge is 2.31. The van der Waals surface area contributed by atoms with Crippen LogP contribution in [0.3, 0.4) is 0 Å². The minimum absolute atomic E-state index is 0.0367. The number of benzene rings is 1. The van der Waals surface area contributed by atoms with Crippen LogP contribution in [0.4, 0.5) is 17.1 Å². The van der Waals surface area contributed by atoms with Crippen molar-refractivity contribution < 1.29 is 23.5 Å². The summed E-state index contributed by atoms with van der Waals surface area (Å²) in [5.41, 5.74) is 0.441. The smallest absolute Gasteiger partial charge is 0.273 e. The lowest BCUT2D eigenvalue weighted by molar-refractivity contribution is -0.117. The average Bonchev–Trinajstić information content (AvgIpc) is 3.69. The van der Waals surface area contributed by atoms with Gasteiger partial charge in [0.25, 0.3) is 5.91 Å². The second-order valence-corrected chi connectivity index (χ2v) is 8.57. The molecule has 2 aromatic heterocycles. The van der Waals surface area contributed by atoms with Crippen molar-refractivity contribution >= 4 is 28.9 Å². The monoisotopic (exact) mass is 480 g/mol. The highest BCUT2D eigenvalue weighted by Crippen LogP contribution is 2.39. The maximum absolute atomic E-state index is 12.8. The van der Waals surface area contributed by atoms with Gasteiger partial charge in [0.15, 0.2) is 11.4 Å². The molecule has 11 heteroatoms. The number of carbonyl (C=O) groups is 2. The fourth-order valence-electron chi connectivity index (χ4n) is 3.40. The van der Waals surface area contributed by atoms with Crippen molar-refractivity contribution in [2.75, 3.05) is 24.7 Å². The molecule has 35 heavy (non-hydrogen) atoms. The minimum Gasteiger partial charge on any atom is -0.494 e. The Labute approximate surface area is 206 Å². The predicted molar refractivity (Wildman–Crippen MR) is 129 cm³/mol. The number of nitrogens with one attached hydrogen (secondary N) is 3. The summed E-state index contributed by atoms with van der Waals surface area (Å²) in [6.07, 6.45) is 2.78. The first kappa shape index (κ1) is 20.3. The molecule has 11 nitrogen and oxygen atoms in total. The standard InChI is InChI=1S/C24H27N7O4/c1-24(2,34)18-11-10-15(29-30-18)14-6-5-7-16(21(14)35-4)27-19-17(28-22(32)13-8-9-13)12-26-31-20(19)23(33)25-3/h5-7,10-13,34H,8-9H2,1-4H3,(H,25,33)(H,26,27)(H,28,31,32)/i3D3. The van der Waals surface area contributed by atoms with Crippen molar-refractivity contribution in [3.05, 3.63) is 47.9 Å². The number of hydrogen-bond acceptors (Lipinski definition) is 9. The van der Waals surface area contributed by atoms with Gasteiger partial charge in [-0.05, 0) is 51.0 Å². The third kappa shape index (κ3) is 5.19. The normalized spacial score (nSPS) is 14.8. The van der Waals surface area contributed by atoms with Gasteiger partial charge in [0, 0.05) is 22.6 Å². The van der Waals surface area contributed by atoms with Gasteiger partial charge >= 0.3 is 0 Å². The van der Waals surface area contributed by atoms with Gasteiger partial charge < -0.3 is 25.8 Å². The first-order valence-corrected chi connectivity index (χ1v) is 10.9. The summed E-state index contributed by atoms with van der Waals surface area (Å²) in [6.45, 7) is 0.434. The van der Waals surface area contributed by atoms with Gasteiger partial charge in [-0.1, -0.05) is 6.07 Å². The zero-order valence-electron chi connectivity index (χ0n) is 22.4. The fraction of sp³-hybridized carbons (Fsp3) is 0.333. The molecule has 0 spiro atoms. The Kier molecular flexibility index (Phi) is 5.58. The zero-order valence-corrected chi connectivity index (χ0v) is 19.4. The highest BCUT2D eigenvalue weighted by atomic mass is 16.5. The van der Waals surface area contributed by atoms with Gasteiger partial charge in [-0.2, -0.15) is 15.3 Å². The van der Waals surface area contributed by atoms with E-state index in [1.165, 1.54) is 13.3 Å². The van der Waals surface area contributed by atoms with E-state index in [0.29, 0.717) is 28.4 Å². The van der Waals surface area contributed by atoms with Gasteiger partial charge in [-0.25, -0.2) is 0 Å². The maximum Gasteiger partial charge on any atom is 0.273 e. The summed E-state index contributed by atoms with van der Waals surface area (Å²) < 4.78 is 27.8. The maximum atomic E-state index is 12.8. The number of amides is 2. The number of aliphatic hydroxyl groups is 1. The van der Waals surface area contributed by atoms with Crippen LogP contribution in [0.5, 0.6) is 5.75 Å². The Hall–Kier alpha value is -4.12. The number of aromatic nitrogens is 4. The third-order valence-corrected chi connectivity index (χ3v) is 5.43. The first-order chi connectivity index (χ1) is 17.9. The Morgan fingerprint density at radius 3 is 2.57 bits per heavy atom. The topological polar surface area (TPSA) is 151 Å². The van der Waals surface area contributed by atoms with E-state index in [9.17, 15) is 14.7 Å². The number of nitrogens with zero attached hydrogens (tertiary/aromatic N) is 4. The molecule has 0 atom stereocenters. The summed E-state index contributed by atoms with van der Waals surface area (Å²) in [6, 6.07) is 8.47. The van der Waals surface area contributed by atoms with E-state index in [0.717, 1.165) is 12.8 Å². The number of anilines is 3. The average molecular weight is 481 g/mol. The van der Waals surface area contributed by atoms with Crippen molar-refractivity contribution in [3.8, 4) is 17.0 Å². The molecule has 2 amide bonds. The molecule has 0 radical (unpaired) electrons. The Bertz CT molecular complexity index is 1350. The Morgan fingerprint density at radius 1 is 1.14 bits per heavy atom. The largest absolute Gasteiger partial charge is 0.494 e. The minimum atomic E-state index is -2.77. The molecule has 1 saturated carbocycles. The first-order valence-electron chi connectivity index (χ1n) is 12.4. The van der Waals surface area contributed by atoms with Crippen molar-refractivity contribution in [1.29, 1.82) is 0 Å². The lowest BCUT2D eigenvalue weighted by Gasteiger charge is -2.19. The number of hydrogen-bond donors (Lipinski definition) is 4. The molecule has 0 saturated heterocycles. The SMILES string of the molecule is [2H]C([2H])([2H])NC(=O)c1nncc(NC(=O)C2CC2)c1Nc1cccc(-c2ccc(C(C)(C)O)nn2)c1OC. The van der Waals surface area contributed by atoms with Crippen molar-refractivity contribution in [2.24, 2.45) is 5.92 Å². The molecule has 3 aromatic rings. The number of methoxy groups -OCH3 is 1. The molecule has 1 fully saturated rings. The van der Waals surface area contributed by atoms with Crippen LogP contribution < -0.4 is 20.7 Å². The van der Waals surface area contributed by atoms with E-state index in [1.807, 2.05) is 5.32 Å². The summed E-state index contributed by atoms with van der Waals surface area (Å²) in [7, 11) is 1.45. The Morgan fingerprint density at radius 2 is 1.94 bits per heavy atom. The summed E-state index contributed by atoms with van der Waals surface area (Å²) in [4.78, 5) is 25.3. The predicted octanol–water partition coefficient (Wildman–Crippen LogP) is 2.62. The van der Waals surface area contributed by atoms with Crippen LogP contribution >= 0.6 is 0 Å². The third-order valence-electron chi connectivity index (χ3n) is 5.43. The van der Waals surface area contributed by atoms with E-state index in [2.05, 4.69) is 31.0 Å². The summed E-state index contributed by atoms with van der Waals surface area (Å²) in [5.74, 6) is -1.06. The van der Waals surface area contributed by atoms with Gasteiger partial charge in [0.05, 0.1) is 41.8 Å². The molecule has 1 aliphatic carbocycles. The summed E-state index contributed by atoms with van der Waals surface area (Å²) >= 11 is 0. The number of para-hydroxylation sites is 1. The molecule has 0 bridgehead atoms. The molecule has 2 heterocycles. The van der Waals surface area contributed by atoms with Crippen LogP contribution in [0.1, 0.15) is 47.0 Å². The Balaban J connectivity index is 1.76. The van der Waals surface area contributed by atoms with Gasteiger partial charge in [-0.3, -0.25) is 9.59 Å². The second-order valence-electron chi connectivity index (χ2n) is 8.57. The van der Waals surface area contributed by atoms with Gasteiger partial charge in [-0.15, -0.1) is 5.10 Å². The highest BCUT2D eigenvalue weighted by molar-refractivity contribution is 6.05. The van der Waals surface area contributed by atoms with Crippen molar-refractivity contribution in [3.63, 3.8) is 0 Å². The van der Waals surface area contributed by atoms with E-state index < -0.39 is 18.5 Å². The van der Waals surface area contributed by atoms with Crippen LogP contribution in [0.15, 0.2) is 36.5 Å². The van der Waals surface area contributed by atoms with Crippen LogP contribution in [0, 0.1) is 5.92 Å². The van der Waals surface area contributed by atoms with Crippen LogP contribution in [-0.2, 0) is 10.4 Å². The lowest BCUT2D eigenvalue weighted by atomic mass is 10.0. The molecule has 0 aliphatic heterocycles. The van der Waals surface area contributed by atoms with E-state index in [-0.39, 0.29) is 28.9 Å². The van der Waals surface area contributed by atoms with E-state index in [1.54, 1.807) is 44.2 Å². The van der Waals surface area contributed by atoms with Crippen molar-refractivity contribution in [1.82, 2.24) is 25.7 Å². The lowest BCUT2D eigenvalue weighted by Crippen LogP contribution is -2.23. The summed E-state index contributed by atoms with van der Waals surface area (Å²) in [5, 5.41) is 33.8. The molecule has 4 rings (SSSR count). The molecular formula is C24H27N7O4. The molecular weight excluding hydrogens is 450 g/mol. The van der Waals surface area contributed by atoms with Gasteiger partial charge in [0.2, 0.25) is 5.91 Å². The number of carbonyl (C=O) groups excluding carboxylic acids is 2. The number of ether oxygens (including phenoxy) is 1. The zero-order chi connectivity index (χ0) is 27.7. The molecule has 4 N–H and O–H groups in total. The second kappa shape index (κ2) is 9.63. The fourth-order valence-corrected chi connectivity index (χ4v) is 3.40. The number of rotatable bonds is 8. The molecule has 182 valence electrons. The van der Waals surface area contributed by atoms with Crippen LogP contribution in [0.25, 0.3) is 11.3 Å². The van der Waals surface area contributed by atoms with E-state index in [4.69, 9.17) is 8.85 Å². The quantitative estimate of drug-likeness (QED) is 0.381. The van der Waals surface area contributed by atoms with Crippen LogP contribution in [-0.4, -0.2) is 51.4 Å². The molecule has 0 unspecified atom stereocenters. The van der Waals surface area contributed by atoms with Crippen molar-refractivity contribution in [2.45, 2.75) is 32.3 Å².